The number of nitrogens with zero attached hydrogens (tertiary/aromatic N) is 1. The highest BCUT2D eigenvalue weighted by molar-refractivity contribution is 5.78. The molecule has 0 saturated heterocycles. The van der Waals surface area contributed by atoms with Crippen molar-refractivity contribution in [1.29, 1.82) is 0 Å². The second kappa shape index (κ2) is 6.40. The standard InChI is InChI=1S/C17H24N2O/c20-17(14-6-1-2-7-14)18-10-5-11-19-12-15-8-3-4-9-16(15)13-19/h3-4,8-9,14H,1-2,5-7,10-13H2,(H,18,20). The summed E-state index contributed by atoms with van der Waals surface area (Å²) in [6, 6.07) is 8.67. The minimum absolute atomic E-state index is 0.284. The number of hydrogen-bond donors (Lipinski definition) is 1. The second-order valence-corrected chi connectivity index (χ2v) is 6.11. The Morgan fingerprint density at radius 3 is 2.45 bits per heavy atom. The SMILES string of the molecule is O=C(NCCCN1Cc2ccccc2C1)C1CCCC1. The van der Waals surface area contributed by atoms with Crippen LogP contribution in [0.1, 0.15) is 43.2 Å². The third-order valence-corrected chi connectivity index (χ3v) is 4.58. The first-order valence-corrected chi connectivity index (χ1v) is 7.90. The highest BCUT2D eigenvalue weighted by atomic mass is 16.1. The number of carbonyl (C=O) groups is 1. The number of carbonyl (C=O) groups excluding carboxylic acids is 1. The van der Waals surface area contributed by atoms with Crippen LogP contribution >= 0.6 is 0 Å². The van der Waals surface area contributed by atoms with Gasteiger partial charge in [0.1, 0.15) is 0 Å². The molecule has 0 bridgehead atoms. The third-order valence-electron chi connectivity index (χ3n) is 4.58. The first-order valence-electron chi connectivity index (χ1n) is 7.90. The van der Waals surface area contributed by atoms with Crippen LogP contribution in [0, 0.1) is 5.92 Å². The third kappa shape index (κ3) is 3.21. The highest BCUT2D eigenvalue weighted by Crippen LogP contribution is 2.24. The highest BCUT2D eigenvalue weighted by Gasteiger charge is 2.22. The molecule has 0 atom stereocenters. The molecular weight excluding hydrogens is 248 g/mol. The van der Waals surface area contributed by atoms with Crippen LogP contribution in [-0.2, 0) is 17.9 Å². The molecule has 1 aromatic carbocycles. The van der Waals surface area contributed by atoms with E-state index in [2.05, 4.69) is 34.5 Å². The minimum Gasteiger partial charge on any atom is -0.356 e. The molecule has 1 aromatic rings. The fourth-order valence-corrected chi connectivity index (χ4v) is 3.41. The lowest BCUT2D eigenvalue weighted by atomic mass is 10.1. The van der Waals surface area contributed by atoms with Crippen molar-refractivity contribution >= 4 is 5.91 Å². The van der Waals surface area contributed by atoms with Gasteiger partial charge in [0.15, 0.2) is 0 Å². The van der Waals surface area contributed by atoms with Gasteiger partial charge in [0, 0.05) is 32.1 Å². The molecule has 1 saturated carbocycles. The monoisotopic (exact) mass is 272 g/mol. The quantitative estimate of drug-likeness (QED) is 0.836. The smallest absolute Gasteiger partial charge is 0.223 e. The van der Waals surface area contributed by atoms with Crippen molar-refractivity contribution in [1.82, 2.24) is 10.2 Å². The fraction of sp³-hybridized carbons (Fsp3) is 0.588. The number of rotatable bonds is 5. The summed E-state index contributed by atoms with van der Waals surface area (Å²) in [6.45, 7) is 4.02. The summed E-state index contributed by atoms with van der Waals surface area (Å²) in [5.41, 5.74) is 2.92. The number of hydrogen-bond acceptors (Lipinski definition) is 2. The van der Waals surface area contributed by atoms with Gasteiger partial charge in [-0.2, -0.15) is 0 Å². The molecule has 1 fully saturated rings. The van der Waals surface area contributed by atoms with E-state index in [9.17, 15) is 4.79 Å². The molecule has 1 N–H and O–H groups in total. The molecule has 3 heteroatoms. The first-order chi connectivity index (χ1) is 9.83. The predicted octanol–water partition coefficient (Wildman–Crippen LogP) is 2.70. The maximum atomic E-state index is 11.9. The topological polar surface area (TPSA) is 32.3 Å². The summed E-state index contributed by atoms with van der Waals surface area (Å²) < 4.78 is 0. The van der Waals surface area contributed by atoms with Crippen LogP contribution in [0.4, 0.5) is 0 Å². The van der Waals surface area contributed by atoms with Crippen LogP contribution in [0.25, 0.3) is 0 Å². The average Bonchev–Trinajstić information content (AvgIpc) is 3.11. The lowest BCUT2D eigenvalue weighted by Gasteiger charge is -2.15. The minimum atomic E-state index is 0.284. The molecule has 20 heavy (non-hydrogen) atoms. The van der Waals surface area contributed by atoms with Crippen molar-refractivity contribution in [3.05, 3.63) is 35.4 Å². The Morgan fingerprint density at radius 1 is 1.15 bits per heavy atom. The zero-order valence-electron chi connectivity index (χ0n) is 12.1. The molecule has 0 spiro atoms. The van der Waals surface area contributed by atoms with Crippen LogP contribution in [0.5, 0.6) is 0 Å². The Labute approximate surface area is 121 Å². The Hall–Kier alpha value is -1.35. The van der Waals surface area contributed by atoms with E-state index in [1.165, 1.54) is 24.0 Å². The largest absolute Gasteiger partial charge is 0.356 e. The van der Waals surface area contributed by atoms with E-state index >= 15 is 0 Å². The van der Waals surface area contributed by atoms with Gasteiger partial charge in [0.2, 0.25) is 5.91 Å². The van der Waals surface area contributed by atoms with Crippen LogP contribution in [-0.4, -0.2) is 23.9 Å². The Morgan fingerprint density at radius 2 is 1.80 bits per heavy atom. The maximum absolute atomic E-state index is 11.9. The summed E-state index contributed by atoms with van der Waals surface area (Å²) in [5.74, 6) is 0.582. The van der Waals surface area contributed by atoms with Crippen molar-refractivity contribution in [2.45, 2.75) is 45.2 Å². The normalized spacial score (nSPS) is 19.2. The van der Waals surface area contributed by atoms with Crippen molar-refractivity contribution in [2.24, 2.45) is 5.92 Å². The molecule has 3 nitrogen and oxygen atoms in total. The van der Waals surface area contributed by atoms with E-state index in [4.69, 9.17) is 0 Å². The van der Waals surface area contributed by atoms with Crippen LogP contribution in [0.2, 0.25) is 0 Å². The molecule has 0 radical (unpaired) electrons. The van der Waals surface area contributed by atoms with Crippen molar-refractivity contribution in [2.75, 3.05) is 13.1 Å². The van der Waals surface area contributed by atoms with Gasteiger partial charge in [0.05, 0.1) is 0 Å². The second-order valence-electron chi connectivity index (χ2n) is 6.11. The zero-order chi connectivity index (χ0) is 13.8. The van der Waals surface area contributed by atoms with Gasteiger partial charge in [0.25, 0.3) is 0 Å². The average molecular weight is 272 g/mol. The molecular formula is C17H24N2O. The van der Waals surface area contributed by atoms with E-state index < -0.39 is 0 Å². The van der Waals surface area contributed by atoms with Crippen LogP contribution < -0.4 is 5.32 Å². The van der Waals surface area contributed by atoms with Gasteiger partial charge < -0.3 is 5.32 Å². The molecule has 1 heterocycles. The zero-order valence-corrected chi connectivity index (χ0v) is 12.1. The van der Waals surface area contributed by atoms with Crippen LogP contribution in [0.3, 0.4) is 0 Å². The molecule has 2 aliphatic rings. The number of fused-ring (bicyclic) bond motifs is 1. The van der Waals surface area contributed by atoms with E-state index in [0.29, 0.717) is 5.92 Å². The Bertz CT molecular complexity index is 441. The summed E-state index contributed by atoms with van der Waals surface area (Å²) >= 11 is 0. The Balaban J connectivity index is 1.34. The molecule has 0 aromatic heterocycles. The fourth-order valence-electron chi connectivity index (χ4n) is 3.41. The van der Waals surface area contributed by atoms with Gasteiger partial charge in [-0.05, 0) is 30.4 Å². The molecule has 1 amide bonds. The van der Waals surface area contributed by atoms with Crippen molar-refractivity contribution in [3.8, 4) is 0 Å². The number of amides is 1. The Kier molecular flexibility index (Phi) is 4.36. The summed E-state index contributed by atoms with van der Waals surface area (Å²) in [6.07, 6.45) is 5.68. The lowest BCUT2D eigenvalue weighted by molar-refractivity contribution is -0.124. The molecule has 1 aliphatic heterocycles. The maximum Gasteiger partial charge on any atom is 0.223 e. The lowest BCUT2D eigenvalue weighted by Crippen LogP contribution is -2.31. The number of benzene rings is 1. The molecule has 3 rings (SSSR count). The van der Waals surface area contributed by atoms with Crippen LogP contribution in [0.15, 0.2) is 24.3 Å². The summed E-state index contributed by atoms with van der Waals surface area (Å²) in [5, 5.41) is 3.10. The molecule has 1 aliphatic carbocycles. The van der Waals surface area contributed by atoms with E-state index in [-0.39, 0.29) is 5.91 Å². The van der Waals surface area contributed by atoms with E-state index in [1.807, 2.05) is 0 Å². The first kappa shape index (κ1) is 13.6. The molecule has 108 valence electrons. The predicted molar refractivity (Wildman–Crippen MR) is 80.1 cm³/mol. The van der Waals surface area contributed by atoms with Crippen molar-refractivity contribution < 1.29 is 4.79 Å². The van der Waals surface area contributed by atoms with Gasteiger partial charge in [-0.1, -0.05) is 37.1 Å². The molecule has 0 unspecified atom stereocenters. The van der Waals surface area contributed by atoms with Gasteiger partial charge in [-0.15, -0.1) is 0 Å². The van der Waals surface area contributed by atoms with Crippen molar-refractivity contribution in [3.63, 3.8) is 0 Å². The van der Waals surface area contributed by atoms with Gasteiger partial charge in [-0.25, -0.2) is 0 Å². The van der Waals surface area contributed by atoms with E-state index in [1.54, 1.807) is 0 Å². The van der Waals surface area contributed by atoms with E-state index in [0.717, 1.165) is 45.4 Å². The van der Waals surface area contributed by atoms with Gasteiger partial charge >= 0.3 is 0 Å². The summed E-state index contributed by atoms with van der Waals surface area (Å²) in [7, 11) is 0. The summed E-state index contributed by atoms with van der Waals surface area (Å²) in [4.78, 5) is 14.4. The number of nitrogens with one attached hydrogen (secondary N) is 1. The van der Waals surface area contributed by atoms with Gasteiger partial charge in [-0.3, -0.25) is 9.69 Å².